The first-order chi connectivity index (χ1) is 12.0. The van der Waals surface area contributed by atoms with Gasteiger partial charge in [-0.25, -0.2) is 4.98 Å². The van der Waals surface area contributed by atoms with Crippen molar-refractivity contribution in [3.05, 3.63) is 69.4 Å². The highest BCUT2D eigenvalue weighted by atomic mass is 32.1. The van der Waals surface area contributed by atoms with Crippen LogP contribution in [0.2, 0.25) is 0 Å². The lowest BCUT2D eigenvalue weighted by molar-refractivity contribution is 0.0742. The summed E-state index contributed by atoms with van der Waals surface area (Å²) >= 11 is 1.56. The molecule has 1 aromatic carbocycles. The zero-order valence-corrected chi connectivity index (χ0v) is 15.7. The highest BCUT2D eigenvalue weighted by Gasteiger charge is 2.20. The van der Waals surface area contributed by atoms with Crippen molar-refractivity contribution in [1.82, 2.24) is 19.7 Å². The van der Waals surface area contributed by atoms with Gasteiger partial charge in [0.2, 0.25) is 0 Å². The molecule has 0 radical (unpaired) electrons. The second kappa shape index (κ2) is 7.19. The van der Waals surface area contributed by atoms with Crippen molar-refractivity contribution in [2.75, 3.05) is 7.05 Å². The van der Waals surface area contributed by atoms with Crippen LogP contribution in [-0.4, -0.2) is 32.6 Å². The zero-order chi connectivity index (χ0) is 18.0. The fourth-order valence-electron chi connectivity index (χ4n) is 2.75. The molecule has 0 N–H and O–H groups in total. The Morgan fingerprint density at radius 1 is 1.28 bits per heavy atom. The number of carbonyl (C=O) groups is 1. The number of benzene rings is 1. The third-order valence-electron chi connectivity index (χ3n) is 4.35. The molecule has 1 unspecified atom stereocenters. The number of aromatic nitrogens is 3. The molecular weight excluding hydrogens is 332 g/mol. The van der Waals surface area contributed by atoms with Crippen molar-refractivity contribution in [2.45, 2.75) is 33.4 Å². The maximum Gasteiger partial charge on any atom is 0.254 e. The average molecular weight is 354 g/mol. The minimum atomic E-state index is -0.0399. The molecule has 5 nitrogen and oxygen atoms in total. The van der Waals surface area contributed by atoms with Crippen LogP contribution in [-0.2, 0) is 6.54 Å². The van der Waals surface area contributed by atoms with Crippen molar-refractivity contribution < 1.29 is 4.79 Å². The minimum absolute atomic E-state index is 0.000337. The highest BCUT2D eigenvalue weighted by molar-refractivity contribution is 7.09. The van der Waals surface area contributed by atoms with Crippen molar-refractivity contribution in [2.24, 2.45) is 0 Å². The highest BCUT2D eigenvalue weighted by Crippen LogP contribution is 2.22. The van der Waals surface area contributed by atoms with Crippen molar-refractivity contribution >= 4 is 17.2 Å². The van der Waals surface area contributed by atoms with E-state index in [4.69, 9.17) is 0 Å². The predicted molar refractivity (Wildman–Crippen MR) is 99.9 cm³/mol. The maximum absolute atomic E-state index is 12.7. The summed E-state index contributed by atoms with van der Waals surface area (Å²) in [5, 5.41) is 7.35. The number of aryl methyl sites for hydroxylation is 2. The smallest absolute Gasteiger partial charge is 0.254 e. The molecular formula is C19H22N4OS. The number of carbonyl (C=O) groups excluding carboxylic acids is 1. The largest absolute Gasteiger partial charge is 0.333 e. The molecule has 3 rings (SSSR count). The van der Waals surface area contributed by atoms with E-state index in [1.165, 1.54) is 0 Å². The summed E-state index contributed by atoms with van der Waals surface area (Å²) in [6.07, 6.45) is 1.77. The predicted octanol–water partition coefficient (Wildman–Crippen LogP) is 3.84. The van der Waals surface area contributed by atoms with E-state index in [1.807, 2.05) is 62.1 Å². The third kappa shape index (κ3) is 3.79. The van der Waals surface area contributed by atoms with Gasteiger partial charge in [0, 0.05) is 29.9 Å². The van der Waals surface area contributed by atoms with Gasteiger partial charge in [0.05, 0.1) is 18.3 Å². The fraction of sp³-hybridized carbons (Fsp3) is 0.316. The maximum atomic E-state index is 12.7. The van der Waals surface area contributed by atoms with Crippen LogP contribution in [0, 0.1) is 13.8 Å². The zero-order valence-electron chi connectivity index (χ0n) is 14.9. The molecule has 0 aliphatic rings. The summed E-state index contributed by atoms with van der Waals surface area (Å²) in [5.41, 5.74) is 3.96. The molecule has 1 atom stereocenters. The van der Waals surface area contributed by atoms with Crippen LogP contribution in [0.4, 0.5) is 0 Å². The van der Waals surface area contributed by atoms with Gasteiger partial charge in [0.15, 0.2) is 0 Å². The van der Waals surface area contributed by atoms with Gasteiger partial charge in [-0.15, -0.1) is 11.3 Å². The number of rotatable bonds is 5. The monoisotopic (exact) mass is 354 g/mol. The number of thiazole rings is 1. The van der Waals surface area contributed by atoms with Crippen LogP contribution in [0.1, 0.15) is 45.3 Å². The van der Waals surface area contributed by atoms with Gasteiger partial charge in [-0.3, -0.25) is 9.48 Å². The van der Waals surface area contributed by atoms with Gasteiger partial charge in [-0.2, -0.15) is 5.10 Å². The van der Waals surface area contributed by atoms with E-state index in [0.717, 1.165) is 22.0 Å². The molecule has 6 heteroatoms. The molecule has 0 aliphatic heterocycles. The van der Waals surface area contributed by atoms with E-state index in [-0.39, 0.29) is 11.9 Å². The Balaban J connectivity index is 1.71. The Morgan fingerprint density at radius 2 is 2.00 bits per heavy atom. The minimum Gasteiger partial charge on any atom is -0.333 e. The summed E-state index contributed by atoms with van der Waals surface area (Å²) in [6.45, 7) is 6.74. The quantitative estimate of drug-likeness (QED) is 0.699. The van der Waals surface area contributed by atoms with Crippen LogP contribution in [0.25, 0.3) is 0 Å². The molecule has 0 saturated carbocycles. The Kier molecular flexibility index (Phi) is 4.99. The fourth-order valence-corrected chi connectivity index (χ4v) is 3.48. The summed E-state index contributed by atoms with van der Waals surface area (Å²) in [4.78, 5) is 18.7. The summed E-state index contributed by atoms with van der Waals surface area (Å²) in [7, 11) is 1.82. The second-order valence-electron chi connectivity index (χ2n) is 6.24. The molecule has 0 spiro atoms. The van der Waals surface area contributed by atoms with Crippen molar-refractivity contribution in [3.8, 4) is 0 Å². The lowest BCUT2D eigenvalue weighted by atomic mass is 10.1. The van der Waals surface area contributed by atoms with Gasteiger partial charge < -0.3 is 4.90 Å². The molecule has 2 aromatic heterocycles. The van der Waals surface area contributed by atoms with Crippen LogP contribution in [0.15, 0.2) is 41.9 Å². The average Bonchev–Trinajstić information content (AvgIpc) is 3.24. The molecule has 0 saturated heterocycles. The van der Waals surface area contributed by atoms with Crippen molar-refractivity contribution in [1.29, 1.82) is 0 Å². The summed E-state index contributed by atoms with van der Waals surface area (Å²) in [5.74, 6) is 0.000337. The Morgan fingerprint density at radius 3 is 2.56 bits per heavy atom. The second-order valence-corrected chi connectivity index (χ2v) is 7.17. The van der Waals surface area contributed by atoms with Gasteiger partial charge in [0.1, 0.15) is 5.01 Å². The van der Waals surface area contributed by atoms with Gasteiger partial charge in [-0.1, -0.05) is 12.1 Å². The van der Waals surface area contributed by atoms with Gasteiger partial charge in [0.25, 0.3) is 5.91 Å². The molecule has 0 fully saturated rings. The molecule has 0 bridgehead atoms. The first-order valence-electron chi connectivity index (χ1n) is 8.22. The van der Waals surface area contributed by atoms with Gasteiger partial charge in [-0.05, 0) is 44.5 Å². The molecule has 3 aromatic rings. The summed E-state index contributed by atoms with van der Waals surface area (Å²) in [6, 6.07) is 9.77. The van der Waals surface area contributed by atoms with E-state index >= 15 is 0 Å². The van der Waals surface area contributed by atoms with E-state index in [0.29, 0.717) is 12.1 Å². The first kappa shape index (κ1) is 17.4. The number of amides is 1. The van der Waals surface area contributed by atoms with Gasteiger partial charge >= 0.3 is 0 Å². The molecule has 130 valence electrons. The third-order valence-corrected chi connectivity index (χ3v) is 5.29. The number of hydrogen-bond donors (Lipinski definition) is 0. The van der Waals surface area contributed by atoms with E-state index in [9.17, 15) is 4.79 Å². The van der Waals surface area contributed by atoms with Crippen LogP contribution < -0.4 is 0 Å². The van der Waals surface area contributed by atoms with Crippen LogP contribution >= 0.6 is 11.3 Å². The standard InChI is InChI=1S/C19H22N4OS/c1-13-11-14(2)23(21-13)12-16-5-7-17(8-6-16)19(24)22(4)15(3)18-20-9-10-25-18/h5-11,15H,12H2,1-4H3. The Bertz CT molecular complexity index is 852. The van der Waals surface area contributed by atoms with Crippen molar-refractivity contribution in [3.63, 3.8) is 0 Å². The number of hydrogen-bond acceptors (Lipinski definition) is 4. The lowest BCUT2D eigenvalue weighted by Gasteiger charge is -2.23. The number of nitrogens with zero attached hydrogens (tertiary/aromatic N) is 4. The van der Waals surface area contributed by atoms with E-state index < -0.39 is 0 Å². The molecule has 2 heterocycles. The molecule has 1 amide bonds. The lowest BCUT2D eigenvalue weighted by Crippen LogP contribution is -2.29. The summed E-state index contributed by atoms with van der Waals surface area (Å²) < 4.78 is 1.98. The van der Waals surface area contributed by atoms with E-state index in [1.54, 1.807) is 22.4 Å². The SMILES string of the molecule is Cc1cc(C)n(Cc2ccc(C(=O)N(C)C(C)c3nccs3)cc2)n1. The topological polar surface area (TPSA) is 51.0 Å². The van der Waals surface area contributed by atoms with Crippen LogP contribution in [0.3, 0.4) is 0 Å². The molecule has 25 heavy (non-hydrogen) atoms. The Hall–Kier alpha value is -2.47. The van der Waals surface area contributed by atoms with Crippen LogP contribution in [0.5, 0.6) is 0 Å². The first-order valence-corrected chi connectivity index (χ1v) is 9.10. The van der Waals surface area contributed by atoms with E-state index in [2.05, 4.69) is 16.1 Å². The molecule has 0 aliphatic carbocycles. The normalized spacial score (nSPS) is 12.2. The Labute approximate surface area is 151 Å².